The first-order valence-corrected chi connectivity index (χ1v) is 19.7. The van der Waals surface area contributed by atoms with Gasteiger partial charge in [-0.3, -0.25) is 15.0 Å². The molecule has 0 atom stereocenters. The van der Waals surface area contributed by atoms with Gasteiger partial charge in [-0.1, -0.05) is 27.0 Å². The van der Waals surface area contributed by atoms with E-state index in [1.54, 1.807) is 76.0 Å². The van der Waals surface area contributed by atoms with E-state index in [0.29, 0.717) is 22.0 Å². The van der Waals surface area contributed by atoms with Crippen molar-refractivity contribution in [3.8, 4) is 11.3 Å². The van der Waals surface area contributed by atoms with Gasteiger partial charge in [-0.2, -0.15) is 0 Å². The minimum absolute atomic E-state index is 0. The van der Waals surface area contributed by atoms with E-state index in [1.807, 2.05) is 52.0 Å². The number of hydrogen-bond acceptors (Lipinski definition) is 10. The fourth-order valence-electron chi connectivity index (χ4n) is 4.05. The zero-order valence-electron chi connectivity index (χ0n) is 26.4. The minimum atomic E-state index is -2.42. The number of nitrogens with two attached hydrogens (primary N) is 2. The van der Waals surface area contributed by atoms with Crippen LogP contribution in [-0.2, 0) is 18.4 Å². The molecule has 0 bridgehead atoms. The largest absolute Gasteiger partial charge is 0.494 e. The van der Waals surface area contributed by atoms with Crippen LogP contribution in [0.5, 0.6) is 0 Å². The molecule has 1 fully saturated rings. The number of nitrogen functional groups attached to an aromatic ring is 2. The van der Waals surface area contributed by atoms with Gasteiger partial charge < -0.3 is 29.9 Å². The van der Waals surface area contributed by atoms with Crippen molar-refractivity contribution in [1.82, 2.24) is 19.9 Å². The van der Waals surface area contributed by atoms with Crippen molar-refractivity contribution in [2.45, 2.75) is 53.8 Å². The molecule has 1 aliphatic rings. The summed E-state index contributed by atoms with van der Waals surface area (Å²) in [6, 6.07) is 10.9. The van der Waals surface area contributed by atoms with E-state index in [2.05, 4.69) is 35.9 Å². The molecule has 14 heteroatoms. The number of rotatable bonds is 4. The Labute approximate surface area is 283 Å². The second-order valence-corrected chi connectivity index (χ2v) is 19.2. The molecule has 46 heavy (non-hydrogen) atoms. The maximum absolute atomic E-state index is 12.3. The van der Waals surface area contributed by atoms with E-state index in [9.17, 15) is 9.13 Å². The average Bonchev–Trinajstić information content (AvgIpc) is 3.16. The molecule has 1 aliphatic heterocycles. The molecule has 0 radical (unpaired) electrons. The molecule has 2 aromatic heterocycles. The summed E-state index contributed by atoms with van der Waals surface area (Å²) in [5.41, 5.74) is 14.6. The van der Waals surface area contributed by atoms with Crippen LogP contribution in [0, 0.1) is 0 Å². The van der Waals surface area contributed by atoms with Gasteiger partial charge in [0.2, 0.25) is 0 Å². The molecular formula is C32H48BBrN6O4P2. The van der Waals surface area contributed by atoms with E-state index < -0.39 is 21.4 Å². The Kier molecular flexibility index (Phi) is 14.6. The van der Waals surface area contributed by atoms with Gasteiger partial charge in [-0.05, 0) is 100 Å². The predicted molar refractivity (Wildman–Crippen MR) is 200 cm³/mol. The van der Waals surface area contributed by atoms with E-state index >= 15 is 0 Å². The van der Waals surface area contributed by atoms with Gasteiger partial charge in [-0.25, -0.2) is 4.98 Å². The normalized spacial score (nSPS) is 14.8. The molecule has 0 aliphatic carbocycles. The van der Waals surface area contributed by atoms with Crippen LogP contribution >= 0.6 is 30.2 Å². The molecule has 0 spiro atoms. The number of halogens is 1. The lowest BCUT2D eigenvalue weighted by Gasteiger charge is -2.32. The van der Waals surface area contributed by atoms with Gasteiger partial charge in [0.25, 0.3) is 0 Å². The lowest BCUT2D eigenvalue weighted by atomic mass is 9.79. The molecule has 4 aromatic rings. The highest BCUT2D eigenvalue weighted by molar-refractivity contribution is 9.10. The number of aromatic nitrogens is 4. The fraction of sp³-hybridized carbons (Fsp3) is 0.375. The highest BCUT2D eigenvalue weighted by atomic mass is 79.9. The SMILES string of the molecule is Brc1cnccn1.C.C.CC1(C)OB(c2ccc(N)c(P(C)(C)=O)c2)OC1(C)C.CP(C)(=O)c1cc(-c2cnccn2)ccc1N. The molecule has 3 heterocycles. The van der Waals surface area contributed by atoms with Crippen LogP contribution < -0.4 is 27.5 Å². The monoisotopic (exact) mass is 732 g/mol. The van der Waals surface area contributed by atoms with Crippen molar-refractivity contribution >= 4 is 64.8 Å². The molecule has 0 unspecified atom stereocenters. The van der Waals surface area contributed by atoms with Gasteiger partial charge in [0, 0.05) is 52.3 Å². The molecule has 5 rings (SSSR count). The second-order valence-electron chi connectivity index (χ2n) is 12.0. The third-order valence-corrected chi connectivity index (χ3v) is 10.7. The molecule has 0 saturated carbocycles. The fourth-order valence-corrected chi connectivity index (χ4v) is 6.59. The first-order valence-electron chi connectivity index (χ1n) is 13.8. The highest BCUT2D eigenvalue weighted by Gasteiger charge is 2.51. The predicted octanol–water partition coefficient (Wildman–Crippen LogP) is 6.30. The highest BCUT2D eigenvalue weighted by Crippen LogP contribution is 2.39. The van der Waals surface area contributed by atoms with Crippen LogP contribution in [0.4, 0.5) is 11.4 Å². The summed E-state index contributed by atoms with van der Waals surface area (Å²) in [4.78, 5) is 15.8. The summed E-state index contributed by atoms with van der Waals surface area (Å²) in [5, 5.41) is 1.38. The van der Waals surface area contributed by atoms with Crippen molar-refractivity contribution in [2.24, 2.45) is 0 Å². The van der Waals surface area contributed by atoms with Crippen molar-refractivity contribution < 1.29 is 18.4 Å². The van der Waals surface area contributed by atoms with Gasteiger partial charge >= 0.3 is 7.12 Å². The third-order valence-electron chi connectivity index (χ3n) is 7.16. The van der Waals surface area contributed by atoms with Crippen molar-refractivity contribution in [3.63, 3.8) is 0 Å². The van der Waals surface area contributed by atoms with Crippen molar-refractivity contribution in [2.75, 3.05) is 38.1 Å². The first kappa shape index (κ1) is 41.1. The maximum Gasteiger partial charge on any atom is 0.494 e. The van der Waals surface area contributed by atoms with Gasteiger partial charge in [-0.15, -0.1) is 0 Å². The van der Waals surface area contributed by atoms with Crippen molar-refractivity contribution in [1.29, 1.82) is 0 Å². The Morgan fingerprint density at radius 3 is 1.61 bits per heavy atom. The Morgan fingerprint density at radius 2 is 1.20 bits per heavy atom. The van der Waals surface area contributed by atoms with Crippen LogP contribution in [0.25, 0.3) is 11.3 Å². The van der Waals surface area contributed by atoms with Crippen LogP contribution in [-0.4, -0.2) is 64.9 Å². The molecule has 0 amide bonds. The van der Waals surface area contributed by atoms with Crippen molar-refractivity contribution in [3.05, 3.63) is 78.2 Å². The van der Waals surface area contributed by atoms with E-state index in [4.69, 9.17) is 20.8 Å². The molecule has 1 saturated heterocycles. The number of anilines is 2. The summed E-state index contributed by atoms with van der Waals surface area (Å²) in [6.07, 6.45) is 9.81. The van der Waals surface area contributed by atoms with Gasteiger partial charge in [0.15, 0.2) is 0 Å². The third kappa shape index (κ3) is 10.8. The summed E-state index contributed by atoms with van der Waals surface area (Å²) < 4.78 is 37.2. The molecule has 10 nitrogen and oxygen atoms in total. The lowest BCUT2D eigenvalue weighted by Crippen LogP contribution is -2.41. The molecule has 2 aromatic carbocycles. The van der Waals surface area contributed by atoms with Crippen LogP contribution in [0.15, 0.2) is 78.2 Å². The van der Waals surface area contributed by atoms with Crippen LogP contribution in [0.2, 0.25) is 0 Å². The zero-order valence-corrected chi connectivity index (χ0v) is 29.7. The smallest absolute Gasteiger partial charge is 0.399 e. The Balaban J connectivity index is 0.000000370. The topological polar surface area (TPSA) is 156 Å². The average molecular weight is 733 g/mol. The molecule has 250 valence electrons. The first-order chi connectivity index (χ1) is 20.3. The number of benzene rings is 2. The quantitative estimate of drug-likeness (QED) is 0.139. The Hall–Kier alpha value is -2.88. The summed E-state index contributed by atoms with van der Waals surface area (Å²) >= 11 is 3.14. The van der Waals surface area contributed by atoms with Gasteiger partial charge in [0.05, 0.1) is 29.3 Å². The zero-order chi connectivity index (χ0) is 32.9. The van der Waals surface area contributed by atoms with E-state index in [0.717, 1.165) is 21.3 Å². The Morgan fingerprint density at radius 1 is 0.717 bits per heavy atom. The van der Waals surface area contributed by atoms with Crippen LogP contribution in [0.1, 0.15) is 42.5 Å². The standard InChI is InChI=1S/C14H23BNO3P.C12H14N3OP.C4H3BrN2.2CH4/c1-13(2)14(3,4)19-15(18-13)10-7-8-11(16)12(9-10)20(5,6)17;1-17(2,16)12-7-9(3-4-10(12)13)11-8-14-5-6-15-11;5-4-3-6-1-2-7-4;;/h7-9H,16H2,1-6H3;3-8H,13H2,1-2H3;1-3H;2*1H4. The Bertz CT molecular complexity index is 1650. The summed E-state index contributed by atoms with van der Waals surface area (Å²) in [7, 11) is -5.25. The van der Waals surface area contributed by atoms with E-state index in [-0.39, 0.29) is 26.1 Å². The number of hydrogen-bond donors (Lipinski definition) is 2. The molecule has 4 N–H and O–H groups in total. The maximum atomic E-state index is 12.3. The summed E-state index contributed by atoms with van der Waals surface area (Å²) in [6.45, 7) is 14.9. The lowest BCUT2D eigenvalue weighted by molar-refractivity contribution is 0.00578. The summed E-state index contributed by atoms with van der Waals surface area (Å²) in [5.74, 6) is 0. The second kappa shape index (κ2) is 16.3. The van der Waals surface area contributed by atoms with E-state index in [1.165, 1.54) is 0 Å². The van der Waals surface area contributed by atoms with Gasteiger partial charge in [0.1, 0.15) is 18.9 Å². The van der Waals surface area contributed by atoms with Crippen LogP contribution in [0.3, 0.4) is 0 Å². The molecular weight excluding hydrogens is 685 g/mol. The number of nitrogens with zero attached hydrogens (tertiary/aromatic N) is 4. The minimum Gasteiger partial charge on any atom is -0.399 e.